The standard InChI is InChI=1S/C12H17BClNO3/c1-11(2)12(3,4)18-13(17-11)9-7-6-8(14)10(15-9)16-5/h6-7H,1-5H3. The molecule has 0 radical (unpaired) electrons. The van der Waals surface area contributed by atoms with Gasteiger partial charge < -0.3 is 14.0 Å². The maximum absolute atomic E-state index is 5.95. The number of methoxy groups -OCH3 is 1. The zero-order valence-electron chi connectivity index (χ0n) is 11.3. The number of nitrogens with zero attached hydrogens (tertiary/aromatic N) is 1. The van der Waals surface area contributed by atoms with Crippen LogP contribution in [0.1, 0.15) is 27.7 Å². The Morgan fingerprint density at radius 1 is 1.17 bits per heavy atom. The second-order valence-electron chi connectivity index (χ2n) is 5.32. The van der Waals surface area contributed by atoms with E-state index >= 15 is 0 Å². The summed E-state index contributed by atoms with van der Waals surface area (Å²) in [6, 6.07) is 3.51. The van der Waals surface area contributed by atoms with Gasteiger partial charge in [-0.1, -0.05) is 11.6 Å². The molecule has 0 saturated carbocycles. The summed E-state index contributed by atoms with van der Waals surface area (Å²) in [5.74, 6) is 0.379. The van der Waals surface area contributed by atoms with E-state index in [-0.39, 0.29) is 11.2 Å². The lowest BCUT2D eigenvalue weighted by Gasteiger charge is -2.32. The van der Waals surface area contributed by atoms with Crippen molar-refractivity contribution in [1.82, 2.24) is 4.98 Å². The predicted octanol–water partition coefficient (Wildman–Crippen LogP) is 2.04. The number of halogens is 1. The summed E-state index contributed by atoms with van der Waals surface area (Å²) in [5, 5.41) is 0.470. The van der Waals surface area contributed by atoms with Crippen LogP contribution in [0.2, 0.25) is 5.02 Å². The Morgan fingerprint density at radius 2 is 1.72 bits per heavy atom. The molecule has 98 valence electrons. The summed E-state index contributed by atoms with van der Waals surface area (Å²) < 4.78 is 16.9. The molecule has 1 fully saturated rings. The van der Waals surface area contributed by atoms with E-state index in [4.69, 9.17) is 25.6 Å². The Hall–Kier alpha value is -0.775. The third kappa shape index (κ3) is 2.22. The van der Waals surface area contributed by atoms with Crippen LogP contribution in [0.25, 0.3) is 0 Å². The molecule has 1 aliphatic heterocycles. The largest absolute Gasteiger partial charge is 0.514 e. The number of hydrogen-bond donors (Lipinski definition) is 0. The Kier molecular flexibility index (Phi) is 3.34. The number of aromatic nitrogens is 1. The van der Waals surface area contributed by atoms with Crippen LogP contribution < -0.4 is 10.3 Å². The van der Waals surface area contributed by atoms with Crippen LogP contribution in [0.15, 0.2) is 12.1 Å². The van der Waals surface area contributed by atoms with Crippen molar-refractivity contribution < 1.29 is 14.0 Å². The fraction of sp³-hybridized carbons (Fsp3) is 0.583. The van der Waals surface area contributed by atoms with Gasteiger partial charge in [0.1, 0.15) is 5.02 Å². The summed E-state index contributed by atoms with van der Waals surface area (Å²) in [6.45, 7) is 8.00. The van der Waals surface area contributed by atoms with Crippen molar-refractivity contribution in [2.24, 2.45) is 0 Å². The van der Waals surface area contributed by atoms with Gasteiger partial charge >= 0.3 is 7.12 Å². The second-order valence-corrected chi connectivity index (χ2v) is 5.72. The normalized spacial score (nSPS) is 21.1. The first-order chi connectivity index (χ1) is 8.27. The molecule has 1 aromatic rings. The van der Waals surface area contributed by atoms with Gasteiger partial charge in [-0.3, -0.25) is 0 Å². The second kappa shape index (κ2) is 4.40. The number of hydrogen-bond acceptors (Lipinski definition) is 4. The fourth-order valence-electron chi connectivity index (χ4n) is 1.68. The lowest BCUT2D eigenvalue weighted by Crippen LogP contribution is -2.41. The number of ether oxygens (including phenoxy) is 1. The SMILES string of the molecule is COc1nc(B2OC(C)(C)C(C)(C)O2)ccc1Cl. The van der Waals surface area contributed by atoms with E-state index < -0.39 is 7.12 Å². The molecule has 0 spiro atoms. The Bertz CT molecular complexity index is 449. The highest BCUT2D eigenvalue weighted by Crippen LogP contribution is 2.36. The van der Waals surface area contributed by atoms with Crippen LogP contribution in [-0.2, 0) is 9.31 Å². The van der Waals surface area contributed by atoms with E-state index in [9.17, 15) is 0 Å². The molecule has 1 saturated heterocycles. The molecule has 0 atom stereocenters. The van der Waals surface area contributed by atoms with Gasteiger partial charge in [-0.2, -0.15) is 0 Å². The zero-order chi connectivity index (χ0) is 13.6. The lowest BCUT2D eigenvalue weighted by atomic mass is 9.84. The molecule has 4 nitrogen and oxygen atoms in total. The molecule has 0 aliphatic carbocycles. The van der Waals surface area contributed by atoms with Crippen LogP contribution in [0.4, 0.5) is 0 Å². The van der Waals surface area contributed by atoms with Crippen LogP contribution >= 0.6 is 11.6 Å². The van der Waals surface area contributed by atoms with Gasteiger partial charge in [-0.05, 0) is 39.8 Å². The van der Waals surface area contributed by atoms with E-state index in [1.165, 1.54) is 7.11 Å². The summed E-state index contributed by atoms with van der Waals surface area (Å²) in [5.41, 5.74) is -0.103. The maximum atomic E-state index is 5.95. The molecule has 2 heterocycles. The van der Waals surface area contributed by atoms with Gasteiger partial charge in [0, 0.05) is 0 Å². The van der Waals surface area contributed by atoms with Gasteiger partial charge in [0.2, 0.25) is 5.88 Å². The molecule has 0 unspecified atom stereocenters. The summed E-state index contributed by atoms with van der Waals surface area (Å²) in [4.78, 5) is 4.30. The van der Waals surface area contributed by atoms with Crippen LogP contribution in [0.5, 0.6) is 5.88 Å². The van der Waals surface area contributed by atoms with Gasteiger partial charge in [0.25, 0.3) is 0 Å². The highest BCUT2D eigenvalue weighted by Gasteiger charge is 2.52. The molecular formula is C12H17BClNO3. The summed E-state index contributed by atoms with van der Waals surface area (Å²) in [7, 11) is 1.03. The monoisotopic (exact) mass is 269 g/mol. The molecule has 0 aromatic carbocycles. The van der Waals surface area contributed by atoms with Gasteiger partial charge in [-0.15, -0.1) is 0 Å². The van der Waals surface area contributed by atoms with E-state index in [0.29, 0.717) is 16.5 Å². The van der Waals surface area contributed by atoms with E-state index in [2.05, 4.69) is 4.98 Å². The van der Waals surface area contributed by atoms with Crippen molar-refractivity contribution in [3.63, 3.8) is 0 Å². The van der Waals surface area contributed by atoms with Crippen molar-refractivity contribution in [2.75, 3.05) is 7.11 Å². The first kappa shape index (κ1) is 13.7. The van der Waals surface area contributed by atoms with Crippen molar-refractivity contribution in [3.8, 4) is 5.88 Å². The van der Waals surface area contributed by atoms with Gasteiger partial charge in [-0.25, -0.2) is 4.98 Å². The Balaban J connectivity index is 2.30. The van der Waals surface area contributed by atoms with Crippen molar-refractivity contribution in [2.45, 2.75) is 38.9 Å². The molecule has 1 aromatic heterocycles. The highest BCUT2D eigenvalue weighted by molar-refractivity contribution is 6.61. The van der Waals surface area contributed by atoms with E-state index in [0.717, 1.165) is 0 Å². The summed E-state index contributed by atoms with van der Waals surface area (Å²) in [6.07, 6.45) is 0. The Labute approximate surface area is 113 Å². The van der Waals surface area contributed by atoms with Gasteiger partial charge in [0.15, 0.2) is 0 Å². The topological polar surface area (TPSA) is 40.6 Å². The molecule has 0 amide bonds. The molecule has 2 rings (SSSR count). The average Bonchev–Trinajstić information content (AvgIpc) is 2.49. The predicted molar refractivity (Wildman–Crippen MR) is 71.5 cm³/mol. The first-order valence-corrected chi connectivity index (χ1v) is 6.21. The quantitative estimate of drug-likeness (QED) is 0.771. The lowest BCUT2D eigenvalue weighted by molar-refractivity contribution is 0.00578. The molecule has 18 heavy (non-hydrogen) atoms. The maximum Gasteiger partial charge on any atom is 0.514 e. The van der Waals surface area contributed by atoms with Crippen LogP contribution in [0.3, 0.4) is 0 Å². The third-order valence-electron chi connectivity index (χ3n) is 3.52. The fourth-order valence-corrected chi connectivity index (χ4v) is 1.86. The molecular weight excluding hydrogens is 252 g/mol. The van der Waals surface area contributed by atoms with Crippen molar-refractivity contribution in [1.29, 1.82) is 0 Å². The molecule has 0 N–H and O–H groups in total. The van der Waals surface area contributed by atoms with Crippen LogP contribution in [-0.4, -0.2) is 30.4 Å². The minimum Gasteiger partial charge on any atom is -0.480 e. The molecule has 6 heteroatoms. The zero-order valence-corrected chi connectivity index (χ0v) is 12.0. The number of rotatable bonds is 2. The third-order valence-corrected chi connectivity index (χ3v) is 3.81. The average molecular weight is 270 g/mol. The highest BCUT2D eigenvalue weighted by atomic mass is 35.5. The summed E-state index contributed by atoms with van der Waals surface area (Å²) >= 11 is 5.95. The van der Waals surface area contributed by atoms with E-state index in [1.54, 1.807) is 12.1 Å². The van der Waals surface area contributed by atoms with E-state index in [1.807, 2.05) is 27.7 Å². The van der Waals surface area contributed by atoms with Gasteiger partial charge in [0.05, 0.1) is 23.9 Å². The Morgan fingerprint density at radius 3 is 2.22 bits per heavy atom. The number of pyridine rings is 1. The first-order valence-electron chi connectivity index (χ1n) is 5.83. The molecule has 0 bridgehead atoms. The van der Waals surface area contributed by atoms with Crippen molar-refractivity contribution in [3.05, 3.63) is 17.2 Å². The van der Waals surface area contributed by atoms with Crippen LogP contribution in [0, 0.1) is 0 Å². The minimum atomic E-state index is -0.499. The smallest absolute Gasteiger partial charge is 0.480 e. The molecule has 1 aliphatic rings. The minimum absolute atomic E-state index is 0.379. The van der Waals surface area contributed by atoms with Crippen molar-refractivity contribution >= 4 is 24.3 Å².